The normalized spacial score (nSPS) is 11.9. The molecular formula is C70H136O6. The Morgan fingerprint density at radius 2 is 0.355 bits per heavy atom. The molecular weight excluding hydrogens is 937 g/mol. The molecule has 0 rings (SSSR count). The second-order valence-corrected chi connectivity index (χ2v) is 24.2. The monoisotopic (exact) mass is 1070 g/mol. The third-order valence-electron chi connectivity index (χ3n) is 16.4. The van der Waals surface area contributed by atoms with Gasteiger partial charge in [-0.2, -0.15) is 0 Å². The van der Waals surface area contributed by atoms with E-state index in [0.29, 0.717) is 19.3 Å². The van der Waals surface area contributed by atoms with Crippen LogP contribution < -0.4 is 0 Å². The minimum Gasteiger partial charge on any atom is -0.462 e. The summed E-state index contributed by atoms with van der Waals surface area (Å²) < 4.78 is 16.9. The first-order valence-electron chi connectivity index (χ1n) is 35.0. The third-order valence-corrected chi connectivity index (χ3v) is 16.4. The van der Waals surface area contributed by atoms with Crippen molar-refractivity contribution in [3.05, 3.63) is 0 Å². The number of unbranched alkanes of at least 4 members (excludes halogenated alkanes) is 55. The molecule has 1 atom stereocenters. The number of carbonyl (C=O) groups excluding carboxylic acids is 3. The van der Waals surface area contributed by atoms with Crippen molar-refractivity contribution in [2.45, 2.75) is 419 Å². The van der Waals surface area contributed by atoms with Gasteiger partial charge in [0, 0.05) is 19.3 Å². The summed E-state index contributed by atoms with van der Waals surface area (Å²) in [6.45, 7) is 6.70. The molecule has 76 heavy (non-hydrogen) atoms. The van der Waals surface area contributed by atoms with Crippen molar-refractivity contribution in [3.8, 4) is 0 Å². The number of hydrogen-bond donors (Lipinski definition) is 0. The van der Waals surface area contributed by atoms with Gasteiger partial charge < -0.3 is 14.2 Å². The highest BCUT2D eigenvalue weighted by Crippen LogP contribution is 2.19. The maximum absolute atomic E-state index is 12.8. The van der Waals surface area contributed by atoms with E-state index in [1.807, 2.05) is 0 Å². The lowest BCUT2D eigenvalue weighted by Crippen LogP contribution is -2.30. The summed E-state index contributed by atoms with van der Waals surface area (Å²) in [5.74, 6) is -0.831. The van der Waals surface area contributed by atoms with Gasteiger partial charge in [-0.1, -0.05) is 374 Å². The molecule has 0 aromatic carbocycles. The molecule has 6 heteroatoms. The van der Waals surface area contributed by atoms with Crippen molar-refractivity contribution in [2.75, 3.05) is 13.2 Å². The highest BCUT2D eigenvalue weighted by molar-refractivity contribution is 5.71. The van der Waals surface area contributed by atoms with Gasteiger partial charge in [0.1, 0.15) is 13.2 Å². The number of esters is 3. The predicted molar refractivity (Wildman–Crippen MR) is 330 cm³/mol. The van der Waals surface area contributed by atoms with Gasteiger partial charge in [0.05, 0.1) is 0 Å². The summed E-state index contributed by atoms with van der Waals surface area (Å²) in [6, 6.07) is 0. The quantitative estimate of drug-likeness (QED) is 0.0343. The Morgan fingerprint density at radius 3 is 0.526 bits per heavy atom. The summed E-state index contributed by atoms with van der Waals surface area (Å²) in [4.78, 5) is 38.2. The van der Waals surface area contributed by atoms with E-state index in [1.54, 1.807) is 0 Å². The van der Waals surface area contributed by atoms with Crippen LogP contribution in [0.1, 0.15) is 412 Å². The van der Waals surface area contributed by atoms with Gasteiger partial charge in [-0.05, 0) is 19.3 Å². The van der Waals surface area contributed by atoms with E-state index in [0.717, 1.165) is 57.8 Å². The van der Waals surface area contributed by atoms with E-state index in [4.69, 9.17) is 14.2 Å². The van der Waals surface area contributed by atoms with Gasteiger partial charge in [-0.25, -0.2) is 0 Å². The minimum absolute atomic E-state index is 0.0611. The Labute approximate surface area is 476 Å². The summed E-state index contributed by atoms with van der Waals surface area (Å²) in [5, 5.41) is 0. The molecule has 0 saturated heterocycles. The first-order valence-corrected chi connectivity index (χ1v) is 35.0. The van der Waals surface area contributed by atoms with E-state index >= 15 is 0 Å². The fraction of sp³-hybridized carbons (Fsp3) is 0.957. The second kappa shape index (κ2) is 65.9. The van der Waals surface area contributed by atoms with E-state index in [9.17, 15) is 14.4 Å². The van der Waals surface area contributed by atoms with Crippen LogP contribution in [0.25, 0.3) is 0 Å². The average molecular weight is 1070 g/mol. The molecule has 0 aliphatic heterocycles. The smallest absolute Gasteiger partial charge is 0.306 e. The molecule has 0 bridgehead atoms. The largest absolute Gasteiger partial charge is 0.462 e. The Hall–Kier alpha value is -1.59. The van der Waals surface area contributed by atoms with Gasteiger partial charge >= 0.3 is 17.9 Å². The van der Waals surface area contributed by atoms with Crippen LogP contribution in [0.4, 0.5) is 0 Å². The lowest BCUT2D eigenvalue weighted by atomic mass is 10.0. The molecule has 0 radical (unpaired) electrons. The zero-order valence-electron chi connectivity index (χ0n) is 52.1. The highest BCUT2D eigenvalue weighted by atomic mass is 16.6. The molecule has 0 spiro atoms. The van der Waals surface area contributed by atoms with E-state index in [2.05, 4.69) is 20.8 Å². The van der Waals surface area contributed by atoms with Gasteiger partial charge in [-0.3, -0.25) is 14.4 Å². The van der Waals surface area contributed by atoms with Crippen LogP contribution in [-0.4, -0.2) is 37.2 Å². The molecule has 0 aliphatic carbocycles. The number of ether oxygens (including phenoxy) is 3. The van der Waals surface area contributed by atoms with Crippen molar-refractivity contribution in [1.29, 1.82) is 0 Å². The molecule has 0 aromatic rings. The fourth-order valence-electron chi connectivity index (χ4n) is 11.1. The zero-order valence-corrected chi connectivity index (χ0v) is 52.1. The van der Waals surface area contributed by atoms with Gasteiger partial charge in [0.2, 0.25) is 0 Å². The number of carbonyl (C=O) groups is 3. The van der Waals surface area contributed by atoms with E-state index < -0.39 is 6.10 Å². The Bertz CT molecular complexity index is 1140. The molecule has 0 aromatic heterocycles. The Balaban J connectivity index is 3.91. The van der Waals surface area contributed by atoms with Crippen molar-refractivity contribution in [2.24, 2.45) is 0 Å². The van der Waals surface area contributed by atoms with Crippen LogP contribution in [0, 0.1) is 0 Å². The minimum atomic E-state index is -0.761. The SMILES string of the molecule is CCCCCCCCCCCCCCCCCCCCCCCCCCCCCCCCCCCCCC(=O)OCC(COC(=O)CCCCCCCCCCCC)OC(=O)CCCCCCCCCCCCCCC. The molecule has 0 heterocycles. The molecule has 0 amide bonds. The molecule has 0 saturated carbocycles. The van der Waals surface area contributed by atoms with Crippen LogP contribution >= 0.6 is 0 Å². The highest BCUT2D eigenvalue weighted by Gasteiger charge is 2.19. The van der Waals surface area contributed by atoms with E-state index in [1.165, 1.54) is 315 Å². The zero-order chi connectivity index (χ0) is 55.0. The third kappa shape index (κ3) is 63.2. The molecule has 0 fully saturated rings. The van der Waals surface area contributed by atoms with Gasteiger partial charge in [-0.15, -0.1) is 0 Å². The molecule has 0 N–H and O–H groups in total. The topological polar surface area (TPSA) is 78.9 Å². The van der Waals surface area contributed by atoms with E-state index in [-0.39, 0.29) is 31.1 Å². The maximum atomic E-state index is 12.8. The van der Waals surface area contributed by atoms with Crippen molar-refractivity contribution >= 4 is 17.9 Å². The van der Waals surface area contributed by atoms with Crippen LogP contribution in [-0.2, 0) is 28.6 Å². The lowest BCUT2D eigenvalue weighted by Gasteiger charge is -2.18. The molecule has 6 nitrogen and oxygen atoms in total. The van der Waals surface area contributed by atoms with Crippen LogP contribution in [0.3, 0.4) is 0 Å². The number of rotatable bonds is 66. The standard InChI is InChI=1S/C70H136O6/c1-4-7-10-13-16-19-22-24-25-26-27-28-29-30-31-32-33-34-35-36-37-38-39-40-41-42-43-44-45-47-48-51-54-57-60-63-69(72)75-66-67(65-74-68(71)62-59-56-53-50-21-18-15-12-9-6-3)76-70(73)64-61-58-55-52-49-46-23-20-17-14-11-8-5-2/h67H,4-66H2,1-3H3. The van der Waals surface area contributed by atoms with Crippen LogP contribution in [0.5, 0.6) is 0 Å². The van der Waals surface area contributed by atoms with Crippen LogP contribution in [0.15, 0.2) is 0 Å². The Morgan fingerprint density at radius 1 is 0.211 bits per heavy atom. The molecule has 0 aliphatic rings. The van der Waals surface area contributed by atoms with Crippen molar-refractivity contribution in [3.63, 3.8) is 0 Å². The van der Waals surface area contributed by atoms with Crippen molar-refractivity contribution in [1.82, 2.24) is 0 Å². The predicted octanol–water partition coefficient (Wildman–Crippen LogP) is 23.8. The summed E-state index contributed by atoms with van der Waals surface area (Å²) in [5.41, 5.74) is 0. The fourth-order valence-corrected chi connectivity index (χ4v) is 11.1. The first kappa shape index (κ1) is 74.4. The summed E-state index contributed by atoms with van der Waals surface area (Å²) in [7, 11) is 0. The lowest BCUT2D eigenvalue weighted by molar-refractivity contribution is -0.167. The maximum Gasteiger partial charge on any atom is 0.306 e. The number of hydrogen-bond acceptors (Lipinski definition) is 6. The summed E-state index contributed by atoms with van der Waals surface area (Å²) >= 11 is 0. The first-order chi connectivity index (χ1) is 37.5. The van der Waals surface area contributed by atoms with Crippen LogP contribution in [0.2, 0.25) is 0 Å². The molecule has 452 valence electrons. The average Bonchev–Trinajstić information content (AvgIpc) is 3.42. The van der Waals surface area contributed by atoms with Gasteiger partial charge in [0.15, 0.2) is 6.10 Å². The summed E-state index contributed by atoms with van der Waals surface area (Å²) in [6.07, 6.45) is 77.4. The van der Waals surface area contributed by atoms with Gasteiger partial charge in [0.25, 0.3) is 0 Å². The van der Waals surface area contributed by atoms with Crippen molar-refractivity contribution < 1.29 is 28.6 Å². The molecule has 1 unspecified atom stereocenters. The second-order valence-electron chi connectivity index (χ2n) is 24.2. The Kier molecular flexibility index (Phi) is 64.5.